The Hall–Kier alpha value is -2.55. The summed E-state index contributed by atoms with van der Waals surface area (Å²) in [7, 11) is 1.51. The number of nitrogens with one attached hydrogen (secondary N) is 1. The number of nitrogens with zero attached hydrogens (tertiary/aromatic N) is 2. The van der Waals surface area contributed by atoms with Gasteiger partial charge in [0.05, 0.1) is 23.8 Å². The van der Waals surface area contributed by atoms with Gasteiger partial charge in [-0.1, -0.05) is 23.2 Å². The third-order valence-electron chi connectivity index (χ3n) is 4.26. The number of aryl methyl sites for hydroxylation is 1. The molecule has 0 aliphatic carbocycles. The van der Waals surface area contributed by atoms with E-state index in [1.165, 1.54) is 29.9 Å². The van der Waals surface area contributed by atoms with Crippen LogP contribution in [0, 0.1) is 0 Å². The van der Waals surface area contributed by atoms with Crippen LogP contribution in [-0.2, 0) is 16.6 Å². The van der Waals surface area contributed by atoms with Crippen molar-refractivity contribution in [1.82, 2.24) is 9.47 Å². The predicted molar refractivity (Wildman–Crippen MR) is 109 cm³/mol. The van der Waals surface area contributed by atoms with Crippen LogP contribution in [0.1, 0.15) is 10.4 Å². The van der Waals surface area contributed by atoms with Crippen LogP contribution < -0.4 is 15.6 Å². The summed E-state index contributed by atoms with van der Waals surface area (Å²) < 4.78 is 11.9. The summed E-state index contributed by atoms with van der Waals surface area (Å²) in [6, 6.07) is 5.98. The van der Waals surface area contributed by atoms with E-state index >= 15 is 0 Å². The van der Waals surface area contributed by atoms with Gasteiger partial charge in [-0.2, -0.15) is 0 Å². The molecule has 1 aromatic carbocycles. The number of halogens is 2. The number of pyridine rings is 1. The van der Waals surface area contributed by atoms with Crippen LogP contribution in [0.15, 0.2) is 35.3 Å². The molecule has 1 aliphatic heterocycles. The van der Waals surface area contributed by atoms with Crippen molar-refractivity contribution in [2.75, 3.05) is 38.2 Å². The van der Waals surface area contributed by atoms with Gasteiger partial charge in [-0.15, -0.1) is 0 Å². The second kappa shape index (κ2) is 9.30. The molecule has 8 nitrogen and oxygen atoms in total. The second-order valence-electron chi connectivity index (χ2n) is 6.37. The highest BCUT2D eigenvalue weighted by molar-refractivity contribution is 6.35. The van der Waals surface area contributed by atoms with Crippen molar-refractivity contribution in [1.29, 1.82) is 0 Å². The number of carbonyl (C=O) groups is 2. The standard InChI is InChI=1S/C19H19Cl2N3O5/c1-23-10-12(18(26)24-4-6-28-7-5-24)8-15(19(23)27)22-17(25)11-29-16-3-2-13(20)9-14(16)21/h2-3,8-10H,4-7,11H2,1H3,(H,22,25). The normalized spacial score (nSPS) is 13.8. The molecule has 2 aromatic rings. The van der Waals surface area contributed by atoms with E-state index in [1.807, 2.05) is 0 Å². The number of anilines is 1. The Bertz CT molecular complexity index is 986. The first-order chi connectivity index (χ1) is 13.8. The lowest BCUT2D eigenvalue weighted by Gasteiger charge is -2.27. The molecular formula is C19H19Cl2N3O5. The first-order valence-corrected chi connectivity index (χ1v) is 9.56. The fourth-order valence-electron chi connectivity index (χ4n) is 2.79. The molecule has 1 aliphatic rings. The zero-order valence-corrected chi connectivity index (χ0v) is 17.1. The van der Waals surface area contributed by atoms with E-state index in [2.05, 4.69) is 5.32 Å². The Morgan fingerprint density at radius 1 is 1.21 bits per heavy atom. The summed E-state index contributed by atoms with van der Waals surface area (Å²) in [6.07, 6.45) is 1.44. The molecule has 0 saturated carbocycles. The van der Waals surface area contributed by atoms with Gasteiger partial charge in [0.25, 0.3) is 17.4 Å². The van der Waals surface area contributed by atoms with Crippen molar-refractivity contribution < 1.29 is 19.1 Å². The lowest BCUT2D eigenvalue weighted by Crippen LogP contribution is -2.41. The summed E-state index contributed by atoms with van der Waals surface area (Å²) in [6.45, 7) is 1.50. The molecule has 2 heterocycles. The van der Waals surface area contributed by atoms with Gasteiger partial charge in [0, 0.05) is 31.4 Å². The van der Waals surface area contributed by atoms with E-state index in [1.54, 1.807) is 17.0 Å². The van der Waals surface area contributed by atoms with Crippen LogP contribution in [0.25, 0.3) is 0 Å². The number of aromatic nitrogens is 1. The highest BCUT2D eigenvalue weighted by Gasteiger charge is 2.21. The molecule has 2 amide bonds. The van der Waals surface area contributed by atoms with E-state index in [0.717, 1.165) is 0 Å². The number of amides is 2. The molecule has 29 heavy (non-hydrogen) atoms. The zero-order chi connectivity index (χ0) is 21.0. The van der Waals surface area contributed by atoms with Crippen LogP contribution in [0.3, 0.4) is 0 Å². The summed E-state index contributed by atoms with van der Waals surface area (Å²) in [5, 5.41) is 3.19. The van der Waals surface area contributed by atoms with E-state index < -0.39 is 11.5 Å². The Morgan fingerprint density at radius 2 is 1.93 bits per heavy atom. The second-order valence-corrected chi connectivity index (χ2v) is 7.22. The van der Waals surface area contributed by atoms with Gasteiger partial charge in [-0.05, 0) is 24.3 Å². The summed E-state index contributed by atoms with van der Waals surface area (Å²) in [4.78, 5) is 38.9. The molecule has 0 spiro atoms. The van der Waals surface area contributed by atoms with Crippen molar-refractivity contribution >= 4 is 40.7 Å². The highest BCUT2D eigenvalue weighted by atomic mass is 35.5. The van der Waals surface area contributed by atoms with Gasteiger partial charge in [-0.3, -0.25) is 14.4 Å². The number of hydrogen-bond donors (Lipinski definition) is 1. The quantitative estimate of drug-likeness (QED) is 0.770. The van der Waals surface area contributed by atoms with Crippen LogP contribution in [-0.4, -0.2) is 54.2 Å². The smallest absolute Gasteiger partial charge is 0.274 e. The van der Waals surface area contributed by atoms with E-state index in [4.69, 9.17) is 32.7 Å². The molecule has 1 N–H and O–H groups in total. The fourth-order valence-corrected chi connectivity index (χ4v) is 3.25. The Morgan fingerprint density at radius 3 is 2.62 bits per heavy atom. The number of benzene rings is 1. The number of hydrogen-bond acceptors (Lipinski definition) is 5. The first kappa shape index (κ1) is 21.2. The largest absolute Gasteiger partial charge is 0.482 e. The maximum Gasteiger partial charge on any atom is 0.274 e. The Kier molecular flexibility index (Phi) is 6.79. The molecule has 154 valence electrons. The van der Waals surface area contributed by atoms with E-state index in [0.29, 0.717) is 36.9 Å². The zero-order valence-electron chi connectivity index (χ0n) is 15.6. The Labute approximate surface area is 176 Å². The summed E-state index contributed by atoms with van der Waals surface area (Å²) in [5.74, 6) is -0.511. The molecule has 10 heteroatoms. The molecular weight excluding hydrogens is 421 g/mol. The molecule has 1 fully saturated rings. The molecule has 3 rings (SSSR count). The lowest BCUT2D eigenvalue weighted by molar-refractivity contribution is -0.118. The van der Waals surface area contributed by atoms with Crippen LogP contribution in [0.5, 0.6) is 5.75 Å². The molecule has 0 bridgehead atoms. The minimum Gasteiger partial charge on any atom is -0.482 e. The van der Waals surface area contributed by atoms with Crippen molar-refractivity contribution in [2.45, 2.75) is 0 Å². The van der Waals surface area contributed by atoms with Crippen LogP contribution >= 0.6 is 23.2 Å². The average molecular weight is 440 g/mol. The van der Waals surface area contributed by atoms with Gasteiger partial charge >= 0.3 is 0 Å². The van der Waals surface area contributed by atoms with Crippen molar-refractivity contribution in [3.63, 3.8) is 0 Å². The first-order valence-electron chi connectivity index (χ1n) is 8.80. The van der Waals surface area contributed by atoms with Crippen LogP contribution in [0.2, 0.25) is 10.0 Å². The van der Waals surface area contributed by atoms with Crippen molar-refractivity contribution in [2.24, 2.45) is 7.05 Å². The third-order valence-corrected chi connectivity index (χ3v) is 4.79. The summed E-state index contributed by atoms with van der Waals surface area (Å²) >= 11 is 11.8. The third kappa shape index (κ3) is 5.29. The van der Waals surface area contributed by atoms with Gasteiger partial charge in [0.15, 0.2) is 6.61 Å². The van der Waals surface area contributed by atoms with E-state index in [9.17, 15) is 14.4 Å². The molecule has 0 radical (unpaired) electrons. The SMILES string of the molecule is Cn1cc(C(=O)N2CCOCC2)cc(NC(=O)COc2ccc(Cl)cc2Cl)c1=O. The minimum atomic E-state index is -0.566. The number of rotatable bonds is 5. The van der Waals surface area contributed by atoms with Crippen molar-refractivity contribution in [3.05, 3.63) is 56.4 Å². The topological polar surface area (TPSA) is 89.9 Å². The van der Waals surface area contributed by atoms with Crippen LogP contribution in [0.4, 0.5) is 5.69 Å². The van der Waals surface area contributed by atoms with Gasteiger partial charge in [0.2, 0.25) is 0 Å². The monoisotopic (exact) mass is 439 g/mol. The van der Waals surface area contributed by atoms with Crippen molar-refractivity contribution in [3.8, 4) is 5.75 Å². The number of morpholine rings is 1. The molecule has 0 unspecified atom stereocenters. The number of carbonyl (C=O) groups excluding carboxylic acids is 2. The Balaban J connectivity index is 1.70. The fraction of sp³-hybridized carbons (Fsp3) is 0.316. The van der Waals surface area contributed by atoms with Gasteiger partial charge < -0.3 is 24.3 Å². The minimum absolute atomic E-state index is 0.0117. The predicted octanol–water partition coefficient (Wildman–Crippen LogP) is 2.18. The number of ether oxygens (including phenoxy) is 2. The summed E-state index contributed by atoms with van der Waals surface area (Å²) in [5.41, 5.74) is -0.158. The highest BCUT2D eigenvalue weighted by Crippen LogP contribution is 2.27. The average Bonchev–Trinajstić information content (AvgIpc) is 2.70. The molecule has 1 aromatic heterocycles. The maximum absolute atomic E-state index is 12.7. The van der Waals surface area contributed by atoms with Gasteiger partial charge in [0.1, 0.15) is 11.4 Å². The lowest BCUT2D eigenvalue weighted by atomic mass is 10.2. The van der Waals surface area contributed by atoms with E-state index in [-0.39, 0.29) is 29.0 Å². The molecule has 0 atom stereocenters. The maximum atomic E-state index is 12.7. The molecule has 1 saturated heterocycles. The van der Waals surface area contributed by atoms with Gasteiger partial charge in [-0.25, -0.2) is 0 Å².